The molecular weight excluding hydrogens is 272 g/mol. The molecule has 0 amide bonds. The van der Waals surface area contributed by atoms with Gasteiger partial charge in [0.05, 0.1) is 12.1 Å². The number of hydrogen-bond donors (Lipinski definition) is 2. The molecule has 0 unspecified atom stereocenters. The van der Waals surface area contributed by atoms with Gasteiger partial charge in [-0.15, -0.1) is 0 Å². The molecule has 1 heterocycles. The van der Waals surface area contributed by atoms with Crippen LogP contribution >= 0.6 is 0 Å². The molecule has 1 aromatic heterocycles. The van der Waals surface area contributed by atoms with Crippen molar-refractivity contribution in [1.82, 2.24) is 9.97 Å². The van der Waals surface area contributed by atoms with Crippen LogP contribution in [0, 0.1) is 0 Å². The molecule has 21 heavy (non-hydrogen) atoms. The minimum Gasteiger partial charge on any atom is -0.486 e. The second-order valence-corrected chi connectivity index (χ2v) is 4.54. The summed E-state index contributed by atoms with van der Waals surface area (Å²) in [5.74, 6) is -0.0445. The number of ether oxygens (including phenoxy) is 1. The lowest BCUT2D eigenvalue weighted by Crippen LogP contribution is -2.16. The van der Waals surface area contributed by atoms with Gasteiger partial charge in [0.15, 0.2) is 0 Å². The molecule has 6 heteroatoms. The van der Waals surface area contributed by atoms with Crippen molar-refractivity contribution in [2.45, 2.75) is 26.4 Å². The topological polar surface area (TPSA) is 92.3 Å². The van der Waals surface area contributed by atoms with E-state index in [-0.39, 0.29) is 24.3 Å². The van der Waals surface area contributed by atoms with E-state index in [1.807, 2.05) is 31.2 Å². The Hall–Kier alpha value is -2.63. The first-order chi connectivity index (χ1) is 10.1. The number of aromatic amines is 1. The Morgan fingerprint density at radius 2 is 2.19 bits per heavy atom. The van der Waals surface area contributed by atoms with E-state index in [0.717, 1.165) is 12.0 Å². The van der Waals surface area contributed by atoms with Crippen LogP contribution < -0.4 is 10.3 Å². The van der Waals surface area contributed by atoms with Crippen LogP contribution in [0.15, 0.2) is 35.1 Å². The van der Waals surface area contributed by atoms with Crippen LogP contribution in [0.25, 0.3) is 0 Å². The molecule has 0 spiro atoms. The molecule has 110 valence electrons. The van der Waals surface area contributed by atoms with Gasteiger partial charge in [-0.05, 0) is 24.1 Å². The summed E-state index contributed by atoms with van der Waals surface area (Å²) in [5, 5.41) is 8.73. The molecule has 0 saturated heterocycles. The highest BCUT2D eigenvalue weighted by molar-refractivity contribution is 5.69. The Bertz CT molecular complexity index is 694. The van der Waals surface area contributed by atoms with Gasteiger partial charge in [-0.1, -0.05) is 19.1 Å². The standard InChI is InChI=1S/C15H16N2O4/c1-2-10-4-3-5-12(6-10)21-9-13-16-11(8-15(19)20)7-14(18)17-13/h3-7H,2,8-9H2,1H3,(H,19,20)(H,16,17,18). The zero-order valence-corrected chi connectivity index (χ0v) is 11.6. The highest BCUT2D eigenvalue weighted by Gasteiger charge is 2.06. The van der Waals surface area contributed by atoms with E-state index < -0.39 is 5.97 Å². The van der Waals surface area contributed by atoms with Crippen LogP contribution in [0.1, 0.15) is 24.0 Å². The number of H-pyrrole nitrogens is 1. The number of aromatic nitrogens is 2. The smallest absolute Gasteiger partial charge is 0.309 e. The Morgan fingerprint density at radius 1 is 1.38 bits per heavy atom. The number of aryl methyl sites for hydroxylation is 1. The quantitative estimate of drug-likeness (QED) is 0.841. The SMILES string of the molecule is CCc1cccc(OCc2nc(CC(=O)O)cc(=O)[nH]2)c1. The molecule has 6 nitrogen and oxygen atoms in total. The number of aliphatic carboxylic acids is 1. The van der Waals surface area contributed by atoms with E-state index in [9.17, 15) is 9.59 Å². The largest absolute Gasteiger partial charge is 0.486 e. The summed E-state index contributed by atoms with van der Waals surface area (Å²) < 4.78 is 5.57. The Labute approximate surface area is 121 Å². The van der Waals surface area contributed by atoms with Crippen molar-refractivity contribution in [1.29, 1.82) is 0 Å². The van der Waals surface area contributed by atoms with E-state index in [2.05, 4.69) is 9.97 Å². The summed E-state index contributed by atoms with van der Waals surface area (Å²) in [5.41, 5.74) is 0.975. The van der Waals surface area contributed by atoms with Crippen LogP contribution in [0.5, 0.6) is 5.75 Å². The number of nitrogens with zero attached hydrogens (tertiary/aromatic N) is 1. The van der Waals surface area contributed by atoms with E-state index in [0.29, 0.717) is 11.6 Å². The van der Waals surface area contributed by atoms with Crippen molar-refractivity contribution in [3.63, 3.8) is 0 Å². The molecule has 2 rings (SSSR count). The van der Waals surface area contributed by atoms with Gasteiger partial charge in [0, 0.05) is 6.07 Å². The van der Waals surface area contributed by atoms with Crippen LogP contribution in [0.4, 0.5) is 0 Å². The monoisotopic (exact) mass is 288 g/mol. The molecular formula is C15H16N2O4. The van der Waals surface area contributed by atoms with Crippen molar-refractivity contribution >= 4 is 5.97 Å². The molecule has 2 aromatic rings. The van der Waals surface area contributed by atoms with Crippen LogP contribution in [-0.2, 0) is 24.2 Å². The van der Waals surface area contributed by atoms with Gasteiger partial charge < -0.3 is 14.8 Å². The molecule has 2 N–H and O–H groups in total. The van der Waals surface area contributed by atoms with Crippen LogP contribution in [-0.4, -0.2) is 21.0 Å². The Balaban J connectivity index is 2.10. The highest BCUT2D eigenvalue weighted by atomic mass is 16.5. The zero-order chi connectivity index (χ0) is 15.2. The first kappa shape index (κ1) is 14.8. The lowest BCUT2D eigenvalue weighted by Gasteiger charge is -2.07. The number of rotatable bonds is 6. The summed E-state index contributed by atoms with van der Waals surface area (Å²) in [6, 6.07) is 8.80. The third-order valence-electron chi connectivity index (χ3n) is 2.86. The maximum absolute atomic E-state index is 11.5. The fourth-order valence-corrected chi connectivity index (χ4v) is 1.88. The van der Waals surface area contributed by atoms with E-state index in [4.69, 9.17) is 9.84 Å². The predicted molar refractivity (Wildman–Crippen MR) is 76.3 cm³/mol. The number of carboxylic acid groups (broad SMARTS) is 1. The fourth-order valence-electron chi connectivity index (χ4n) is 1.88. The molecule has 0 radical (unpaired) electrons. The molecule has 1 aromatic carbocycles. The van der Waals surface area contributed by atoms with Crippen molar-refractivity contribution in [3.8, 4) is 5.75 Å². The number of carboxylic acids is 1. The molecule has 0 fully saturated rings. The third kappa shape index (κ3) is 4.45. The molecule has 0 aliphatic heterocycles. The first-order valence-corrected chi connectivity index (χ1v) is 6.59. The van der Waals surface area contributed by atoms with E-state index in [1.165, 1.54) is 6.07 Å². The minimum absolute atomic E-state index is 0.0792. The summed E-state index contributed by atoms with van der Waals surface area (Å²) in [4.78, 5) is 28.7. The second kappa shape index (κ2) is 6.69. The number of benzene rings is 1. The van der Waals surface area contributed by atoms with Crippen molar-refractivity contribution in [2.24, 2.45) is 0 Å². The molecule has 0 bridgehead atoms. The number of hydrogen-bond acceptors (Lipinski definition) is 4. The van der Waals surface area contributed by atoms with E-state index in [1.54, 1.807) is 0 Å². The van der Waals surface area contributed by atoms with Crippen molar-refractivity contribution < 1.29 is 14.6 Å². The lowest BCUT2D eigenvalue weighted by atomic mass is 10.2. The Morgan fingerprint density at radius 3 is 2.90 bits per heavy atom. The molecule has 0 aliphatic rings. The molecule has 0 saturated carbocycles. The normalized spacial score (nSPS) is 10.3. The lowest BCUT2D eigenvalue weighted by molar-refractivity contribution is -0.136. The average Bonchev–Trinajstić information content (AvgIpc) is 2.44. The van der Waals surface area contributed by atoms with Crippen LogP contribution in [0.3, 0.4) is 0 Å². The van der Waals surface area contributed by atoms with Crippen molar-refractivity contribution in [3.05, 3.63) is 57.8 Å². The van der Waals surface area contributed by atoms with Crippen LogP contribution in [0.2, 0.25) is 0 Å². The van der Waals surface area contributed by atoms with E-state index >= 15 is 0 Å². The first-order valence-electron chi connectivity index (χ1n) is 6.59. The predicted octanol–water partition coefficient (Wildman–Crippen LogP) is 1.54. The molecule has 0 aliphatic carbocycles. The Kier molecular flexibility index (Phi) is 4.71. The molecule has 0 atom stereocenters. The summed E-state index contributed by atoms with van der Waals surface area (Å²) in [6.45, 7) is 2.13. The van der Waals surface area contributed by atoms with Crippen molar-refractivity contribution in [2.75, 3.05) is 0 Å². The minimum atomic E-state index is -1.03. The van der Waals surface area contributed by atoms with Gasteiger partial charge >= 0.3 is 5.97 Å². The van der Waals surface area contributed by atoms with Gasteiger partial charge in [0.1, 0.15) is 18.2 Å². The third-order valence-corrected chi connectivity index (χ3v) is 2.86. The summed E-state index contributed by atoms with van der Waals surface area (Å²) in [7, 11) is 0. The second-order valence-electron chi connectivity index (χ2n) is 4.54. The summed E-state index contributed by atoms with van der Waals surface area (Å²) in [6.07, 6.45) is 0.614. The van der Waals surface area contributed by atoms with Gasteiger partial charge in [0.25, 0.3) is 5.56 Å². The van der Waals surface area contributed by atoms with Gasteiger partial charge in [0.2, 0.25) is 0 Å². The summed E-state index contributed by atoms with van der Waals surface area (Å²) >= 11 is 0. The zero-order valence-electron chi connectivity index (χ0n) is 11.6. The van der Waals surface area contributed by atoms with Gasteiger partial charge in [-0.2, -0.15) is 0 Å². The van der Waals surface area contributed by atoms with Gasteiger partial charge in [-0.25, -0.2) is 4.98 Å². The highest BCUT2D eigenvalue weighted by Crippen LogP contribution is 2.14. The fraction of sp³-hybridized carbons (Fsp3) is 0.267. The number of carbonyl (C=O) groups is 1. The maximum Gasteiger partial charge on any atom is 0.309 e. The number of nitrogens with one attached hydrogen (secondary N) is 1. The maximum atomic E-state index is 11.5. The van der Waals surface area contributed by atoms with Gasteiger partial charge in [-0.3, -0.25) is 9.59 Å². The average molecular weight is 288 g/mol.